The fourth-order valence-electron chi connectivity index (χ4n) is 2.14. The first-order valence-corrected chi connectivity index (χ1v) is 6.64. The summed E-state index contributed by atoms with van der Waals surface area (Å²) >= 11 is 1.90. The zero-order valence-electron chi connectivity index (χ0n) is 9.56. The van der Waals surface area contributed by atoms with E-state index in [1.54, 1.807) is 19.2 Å². The molecule has 2 atom stereocenters. The van der Waals surface area contributed by atoms with Gasteiger partial charge in [0.05, 0.1) is 6.10 Å². The van der Waals surface area contributed by atoms with Gasteiger partial charge in [0.1, 0.15) is 5.75 Å². The average Bonchev–Trinajstić information content (AvgIpc) is 2.32. The molecule has 1 aliphatic rings. The van der Waals surface area contributed by atoms with E-state index in [-0.39, 0.29) is 0 Å². The predicted molar refractivity (Wildman–Crippen MR) is 67.0 cm³/mol. The Kier molecular flexibility index (Phi) is 4.13. The number of rotatable bonds is 3. The molecule has 1 N–H and O–H groups in total. The Morgan fingerprint density at radius 2 is 2.00 bits per heavy atom. The molecule has 0 spiro atoms. The molecular formula is C13H18O2S. The summed E-state index contributed by atoms with van der Waals surface area (Å²) in [5.74, 6) is 0.336. The van der Waals surface area contributed by atoms with Crippen LogP contribution in [0.15, 0.2) is 29.2 Å². The van der Waals surface area contributed by atoms with Crippen molar-refractivity contribution < 1.29 is 9.84 Å². The van der Waals surface area contributed by atoms with E-state index in [0.29, 0.717) is 17.1 Å². The van der Waals surface area contributed by atoms with Crippen LogP contribution >= 0.6 is 11.8 Å². The van der Waals surface area contributed by atoms with Crippen LogP contribution in [0.25, 0.3) is 0 Å². The number of hydrogen-bond donors (Lipinski definition) is 1. The van der Waals surface area contributed by atoms with Crippen LogP contribution in [0, 0.1) is 0 Å². The highest BCUT2D eigenvalue weighted by molar-refractivity contribution is 8.00. The first-order valence-electron chi connectivity index (χ1n) is 5.76. The maximum absolute atomic E-state index is 9.21. The first-order chi connectivity index (χ1) is 7.78. The van der Waals surface area contributed by atoms with Gasteiger partial charge in [-0.15, -0.1) is 11.8 Å². The number of methoxy groups -OCH3 is 1. The van der Waals surface area contributed by atoms with E-state index in [2.05, 4.69) is 0 Å². The summed E-state index contributed by atoms with van der Waals surface area (Å²) in [6.07, 6.45) is 5.30. The van der Waals surface area contributed by atoms with Crippen molar-refractivity contribution in [3.63, 3.8) is 0 Å². The van der Waals surface area contributed by atoms with E-state index in [9.17, 15) is 5.11 Å². The van der Waals surface area contributed by atoms with Crippen molar-refractivity contribution in [1.29, 1.82) is 0 Å². The normalized spacial score (nSPS) is 25.6. The Hall–Kier alpha value is -0.670. The number of ether oxygens (including phenoxy) is 1. The fourth-order valence-corrected chi connectivity index (χ4v) is 3.41. The lowest BCUT2D eigenvalue weighted by Gasteiger charge is -2.27. The van der Waals surface area contributed by atoms with Gasteiger partial charge in [0, 0.05) is 17.3 Å². The van der Waals surface area contributed by atoms with Crippen LogP contribution in [0.5, 0.6) is 5.75 Å². The Labute approximate surface area is 101 Å². The Morgan fingerprint density at radius 1 is 1.25 bits per heavy atom. The molecule has 1 fully saturated rings. The predicted octanol–water partition coefficient (Wildman–Crippen LogP) is 3.44. The van der Waals surface area contributed by atoms with Gasteiger partial charge < -0.3 is 9.84 Å². The van der Waals surface area contributed by atoms with Gasteiger partial charge >= 0.3 is 0 Å². The van der Waals surface area contributed by atoms with Crippen molar-refractivity contribution in [3.8, 4) is 5.75 Å². The molecule has 2 rings (SSSR count). The number of benzene rings is 1. The standard InChI is InChI=1S/C13H18O2S/c1-15-11-3-2-4-13(9-11)16-12-7-5-10(14)6-8-12/h5-8,11,13-14H,2-4,9H2,1H3. The van der Waals surface area contributed by atoms with Crippen molar-refractivity contribution in [1.82, 2.24) is 0 Å². The molecule has 0 aromatic heterocycles. The minimum Gasteiger partial charge on any atom is -0.508 e. The van der Waals surface area contributed by atoms with Gasteiger partial charge in [0.2, 0.25) is 0 Å². The smallest absolute Gasteiger partial charge is 0.115 e. The largest absolute Gasteiger partial charge is 0.508 e. The number of hydrogen-bond acceptors (Lipinski definition) is 3. The molecule has 88 valence electrons. The molecule has 1 aliphatic carbocycles. The molecule has 1 aromatic carbocycles. The average molecular weight is 238 g/mol. The second-order valence-electron chi connectivity index (χ2n) is 4.26. The van der Waals surface area contributed by atoms with Crippen LogP contribution in [0.4, 0.5) is 0 Å². The topological polar surface area (TPSA) is 29.5 Å². The molecule has 2 unspecified atom stereocenters. The first kappa shape index (κ1) is 11.8. The van der Waals surface area contributed by atoms with Crippen LogP contribution in [0.3, 0.4) is 0 Å². The Balaban J connectivity index is 1.91. The molecule has 0 bridgehead atoms. The van der Waals surface area contributed by atoms with Crippen LogP contribution in [0.1, 0.15) is 25.7 Å². The summed E-state index contributed by atoms with van der Waals surface area (Å²) in [5, 5.41) is 9.87. The summed E-state index contributed by atoms with van der Waals surface area (Å²) in [7, 11) is 1.80. The van der Waals surface area contributed by atoms with Crippen LogP contribution < -0.4 is 0 Å². The van der Waals surface area contributed by atoms with Crippen molar-refractivity contribution in [2.75, 3.05) is 7.11 Å². The Bertz CT molecular complexity index is 323. The summed E-state index contributed by atoms with van der Waals surface area (Å²) in [6.45, 7) is 0. The van der Waals surface area contributed by atoms with Crippen molar-refractivity contribution >= 4 is 11.8 Å². The molecule has 0 heterocycles. The van der Waals surface area contributed by atoms with Gasteiger partial charge in [-0.3, -0.25) is 0 Å². The fraction of sp³-hybridized carbons (Fsp3) is 0.538. The quantitative estimate of drug-likeness (QED) is 0.874. The van der Waals surface area contributed by atoms with Gasteiger partial charge in [-0.1, -0.05) is 0 Å². The van der Waals surface area contributed by atoms with Crippen molar-refractivity contribution in [2.24, 2.45) is 0 Å². The lowest BCUT2D eigenvalue weighted by atomic mass is 9.97. The molecule has 3 heteroatoms. The maximum atomic E-state index is 9.21. The molecule has 0 aliphatic heterocycles. The summed E-state index contributed by atoms with van der Waals surface area (Å²) < 4.78 is 5.42. The third-order valence-corrected chi connectivity index (χ3v) is 4.36. The van der Waals surface area contributed by atoms with Gasteiger partial charge in [-0.25, -0.2) is 0 Å². The monoisotopic (exact) mass is 238 g/mol. The van der Waals surface area contributed by atoms with E-state index in [0.717, 1.165) is 6.42 Å². The van der Waals surface area contributed by atoms with E-state index < -0.39 is 0 Å². The van der Waals surface area contributed by atoms with Crippen molar-refractivity contribution in [2.45, 2.75) is 41.9 Å². The molecule has 1 saturated carbocycles. The SMILES string of the molecule is COC1CCCC(Sc2ccc(O)cc2)C1. The van der Waals surface area contributed by atoms with Gasteiger partial charge in [-0.2, -0.15) is 0 Å². The third-order valence-electron chi connectivity index (χ3n) is 3.05. The number of phenols is 1. The second kappa shape index (κ2) is 5.60. The second-order valence-corrected chi connectivity index (χ2v) is 5.63. The van der Waals surface area contributed by atoms with E-state index in [4.69, 9.17) is 4.74 Å². The molecule has 16 heavy (non-hydrogen) atoms. The van der Waals surface area contributed by atoms with Crippen LogP contribution in [-0.4, -0.2) is 23.6 Å². The minimum absolute atomic E-state index is 0.336. The minimum atomic E-state index is 0.336. The lowest BCUT2D eigenvalue weighted by molar-refractivity contribution is 0.0730. The van der Waals surface area contributed by atoms with Gasteiger partial charge in [0.15, 0.2) is 0 Å². The highest BCUT2D eigenvalue weighted by Gasteiger charge is 2.22. The van der Waals surface area contributed by atoms with E-state index in [1.807, 2.05) is 23.9 Å². The van der Waals surface area contributed by atoms with Crippen LogP contribution in [0.2, 0.25) is 0 Å². The number of aromatic hydroxyl groups is 1. The lowest BCUT2D eigenvalue weighted by Crippen LogP contribution is -2.23. The van der Waals surface area contributed by atoms with E-state index in [1.165, 1.54) is 24.2 Å². The molecule has 0 saturated heterocycles. The molecule has 2 nitrogen and oxygen atoms in total. The van der Waals surface area contributed by atoms with E-state index >= 15 is 0 Å². The highest BCUT2D eigenvalue weighted by atomic mass is 32.2. The molecule has 0 amide bonds. The summed E-state index contributed by atoms with van der Waals surface area (Å²) in [6, 6.07) is 7.46. The highest BCUT2D eigenvalue weighted by Crippen LogP contribution is 2.34. The summed E-state index contributed by atoms with van der Waals surface area (Å²) in [4.78, 5) is 1.24. The maximum Gasteiger partial charge on any atom is 0.115 e. The van der Waals surface area contributed by atoms with Gasteiger partial charge in [0.25, 0.3) is 0 Å². The third kappa shape index (κ3) is 3.16. The molecular weight excluding hydrogens is 220 g/mol. The van der Waals surface area contributed by atoms with Crippen molar-refractivity contribution in [3.05, 3.63) is 24.3 Å². The van der Waals surface area contributed by atoms with Gasteiger partial charge in [-0.05, 0) is 49.9 Å². The zero-order chi connectivity index (χ0) is 11.4. The zero-order valence-corrected chi connectivity index (χ0v) is 10.4. The summed E-state index contributed by atoms with van der Waals surface area (Å²) in [5.41, 5.74) is 0. The number of thioether (sulfide) groups is 1. The molecule has 1 aromatic rings. The molecule has 0 radical (unpaired) electrons. The van der Waals surface area contributed by atoms with Crippen LogP contribution in [-0.2, 0) is 4.74 Å². The Morgan fingerprint density at radius 3 is 2.69 bits per heavy atom. The number of phenolic OH excluding ortho intramolecular Hbond substituents is 1.